The van der Waals surface area contributed by atoms with Crippen LogP contribution in [0.25, 0.3) is 16.6 Å². The van der Waals surface area contributed by atoms with Crippen LogP contribution in [0.4, 0.5) is 5.69 Å². The van der Waals surface area contributed by atoms with Crippen molar-refractivity contribution in [2.24, 2.45) is 5.92 Å². The van der Waals surface area contributed by atoms with E-state index in [1.165, 1.54) is 7.11 Å². The lowest BCUT2D eigenvalue weighted by atomic mass is 10.1. The molecule has 7 heteroatoms. The lowest BCUT2D eigenvalue weighted by molar-refractivity contribution is 0.0438. The normalized spacial score (nSPS) is 11.1. The number of rotatable bonds is 9. The number of hydrogen-bond donors (Lipinski definition) is 1. The number of carbonyl (C=O) groups is 1. The van der Waals surface area contributed by atoms with Crippen LogP contribution in [0.2, 0.25) is 0 Å². The summed E-state index contributed by atoms with van der Waals surface area (Å²) in [6.07, 6.45) is 1.84. The van der Waals surface area contributed by atoms with Crippen LogP contribution in [0.15, 0.2) is 42.6 Å². The first-order chi connectivity index (χ1) is 14.4. The molecule has 7 nitrogen and oxygen atoms in total. The van der Waals surface area contributed by atoms with E-state index in [9.17, 15) is 4.79 Å². The van der Waals surface area contributed by atoms with Crippen molar-refractivity contribution in [2.45, 2.75) is 20.8 Å². The summed E-state index contributed by atoms with van der Waals surface area (Å²) in [6.45, 7) is 6.90. The zero-order chi connectivity index (χ0) is 21.7. The van der Waals surface area contributed by atoms with Crippen molar-refractivity contribution in [3.63, 3.8) is 0 Å². The van der Waals surface area contributed by atoms with Crippen LogP contribution in [0.3, 0.4) is 0 Å². The van der Waals surface area contributed by atoms with Crippen molar-refractivity contribution >= 4 is 22.6 Å². The first kappa shape index (κ1) is 21.5. The second kappa shape index (κ2) is 9.54. The summed E-state index contributed by atoms with van der Waals surface area (Å²) in [6, 6.07) is 11.1. The molecule has 0 aliphatic rings. The van der Waals surface area contributed by atoms with E-state index in [2.05, 4.69) is 13.8 Å². The number of hydrogen-bond acceptors (Lipinski definition) is 6. The minimum atomic E-state index is -0.445. The van der Waals surface area contributed by atoms with E-state index in [0.29, 0.717) is 29.5 Å². The fourth-order valence-corrected chi connectivity index (χ4v) is 3.08. The van der Waals surface area contributed by atoms with Crippen LogP contribution in [-0.4, -0.2) is 37.7 Å². The van der Waals surface area contributed by atoms with Gasteiger partial charge in [0.1, 0.15) is 17.1 Å². The molecule has 2 aromatic carbocycles. The van der Waals surface area contributed by atoms with E-state index in [0.717, 1.165) is 22.3 Å². The third-order valence-electron chi connectivity index (χ3n) is 4.46. The molecule has 0 fully saturated rings. The Balaban J connectivity index is 2.00. The first-order valence-corrected chi connectivity index (χ1v) is 9.91. The van der Waals surface area contributed by atoms with Crippen molar-refractivity contribution in [3.8, 4) is 17.2 Å². The molecule has 0 bridgehead atoms. The number of nitrogen functional groups attached to an aromatic ring is 1. The highest BCUT2D eigenvalue weighted by atomic mass is 16.7. The zero-order valence-corrected chi connectivity index (χ0v) is 17.8. The molecular formula is C23H28N2O5. The molecule has 3 aromatic rings. The van der Waals surface area contributed by atoms with Gasteiger partial charge in [0.05, 0.1) is 24.4 Å². The molecule has 0 amide bonds. The van der Waals surface area contributed by atoms with Gasteiger partial charge in [-0.25, -0.2) is 4.79 Å². The van der Waals surface area contributed by atoms with Gasteiger partial charge in [0, 0.05) is 30.4 Å². The van der Waals surface area contributed by atoms with Gasteiger partial charge in [-0.05, 0) is 43.2 Å². The highest BCUT2D eigenvalue weighted by Crippen LogP contribution is 2.32. The summed E-state index contributed by atoms with van der Waals surface area (Å²) in [4.78, 5) is 12.3. The molecule has 0 unspecified atom stereocenters. The van der Waals surface area contributed by atoms with E-state index >= 15 is 0 Å². The molecule has 160 valence electrons. The molecule has 0 radical (unpaired) electrons. The van der Waals surface area contributed by atoms with Crippen LogP contribution < -0.4 is 15.2 Å². The van der Waals surface area contributed by atoms with E-state index < -0.39 is 5.97 Å². The van der Waals surface area contributed by atoms with Gasteiger partial charge in [-0.1, -0.05) is 13.8 Å². The molecular weight excluding hydrogens is 384 g/mol. The molecule has 1 heterocycles. The summed E-state index contributed by atoms with van der Waals surface area (Å²) in [5.41, 5.74) is 8.97. The Hall–Kier alpha value is -3.19. The number of esters is 1. The number of carbonyl (C=O) groups excluding carboxylic acids is 1. The van der Waals surface area contributed by atoms with Crippen molar-refractivity contribution in [1.29, 1.82) is 0 Å². The van der Waals surface area contributed by atoms with Crippen LogP contribution >= 0.6 is 0 Å². The largest absolute Gasteiger partial charge is 0.493 e. The number of methoxy groups -OCH3 is 1. The van der Waals surface area contributed by atoms with Gasteiger partial charge < -0.3 is 29.2 Å². The van der Waals surface area contributed by atoms with E-state index in [1.54, 1.807) is 19.1 Å². The zero-order valence-electron chi connectivity index (χ0n) is 17.8. The third kappa shape index (κ3) is 4.68. The number of anilines is 1. The summed E-state index contributed by atoms with van der Waals surface area (Å²) in [7, 11) is 1.52. The number of ether oxygens (including phenoxy) is 4. The van der Waals surface area contributed by atoms with E-state index in [4.69, 9.17) is 24.7 Å². The van der Waals surface area contributed by atoms with Crippen molar-refractivity contribution in [2.75, 3.05) is 32.9 Å². The van der Waals surface area contributed by atoms with Crippen LogP contribution in [0.1, 0.15) is 31.1 Å². The molecule has 2 N–H and O–H groups in total. The lowest BCUT2D eigenvalue weighted by Gasteiger charge is -2.13. The molecule has 0 atom stereocenters. The van der Waals surface area contributed by atoms with Crippen LogP contribution in [0.5, 0.6) is 11.5 Å². The SMILES string of the molecule is CCOC(=O)c1ccc(-n2cc(N)c3cc(OCC(C)C)ccc32)cc1OCOC. The second-order valence-electron chi connectivity index (χ2n) is 7.29. The summed E-state index contributed by atoms with van der Waals surface area (Å²) >= 11 is 0. The van der Waals surface area contributed by atoms with Gasteiger partial charge in [-0.15, -0.1) is 0 Å². The van der Waals surface area contributed by atoms with E-state index in [1.807, 2.05) is 35.0 Å². The third-order valence-corrected chi connectivity index (χ3v) is 4.46. The quantitative estimate of drug-likeness (QED) is 0.414. The van der Waals surface area contributed by atoms with Gasteiger partial charge in [0.25, 0.3) is 0 Å². The molecule has 0 aliphatic heterocycles. The summed E-state index contributed by atoms with van der Waals surface area (Å²) in [5.74, 6) is 1.15. The number of benzene rings is 2. The van der Waals surface area contributed by atoms with Crippen molar-refractivity contribution in [1.82, 2.24) is 4.57 Å². The predicted octanol–water partition coefficient (Wildman–Crippen LogP) is 4.41. The highest BCUT2D eigenvalue weighted by Gasteiger charge is 2.17. The Kier molecular flexibility index (Phi) is 6.84. The van der Waals surface area contributed by atoms with Gasteiger partial charge in [0.15, 0.2) is 6.79 Å². The molecule has 0 saturated carbocycles. The predicted molar refractivity (Wildman–Crippen MR) is 116 cm³/mol. The molecule has 0 spiro atoms. The van der Waals surface area contributed by atoms with Gasteiger partial charge >= 0.3 is 5.97 Å². The number of nitrogens with zero attached hydrogens (tertiary/aromatic N) is 1. The van der Waals surface area contributed by atoms with Gasteiger partial charge in [-0.3, -0.25) is 0 Å². The topological polar surface area (TPSA) is 84.9 Å². The number of fused-ring (bicyclic) bond motifs is 1. The first-order valence-electron chi connectivity index (χ1n) is 9.91. The monoisotopic (exact) mass is 412 g/mol. The maximum absolute atomic E-state index is 12.3. The average Bonchev–Trinajstić information content (AvgIpc) is 3.06. The molecule has 0 saturated heterocycles. The average molecular weight is 412 g/mol. The number of nitrogens with two attached hydrogens (primary N) is 1. The fraction of sp³-hybridized carbons (Fsp3) is 0.348. The molecule has 0 aliphatic carbocycles. The standard InChI is InChI=1S/C23H28N2O5/c1-5-28-23(26)18-8-6-16(10-22(18)30-14-27-4)25-12-20(24)19-11-17(7-9-21(19)25)29-13-15(2)3/h6-12,15H,5,13-14,24H2,1-4H3. The van der Waals surface area contributed by atoms with Crippen LogP contribution in [-0.2, 0) is 9.47 Å². The summed E-state index contributed by atoms with van der Waals surface area (Å²) < 4.78 is 23.5. The fourth-order valence-electron chi connectivity index (χ4n) is 3.08. The van der Waals surface area contributed by atoms with E-state index in [-0.39, 0.29) is 13.4 Å². The number of aromatic nitrogens is 1. The Morgan fingerprint density at radius 3 is 2.63 bits per heavy atom. The Labute approximate surface area is 176 Å². The van der Waals surface area contributed by atoms with Crippen molar-refractivity contribution < 1.29 is 23.7 Å². The second-order valence-corrected chi connectivity index (χ2v) is 7.29. The molecule has 3 rings (SSSR count). The smallest absolute Gasteiger partial charge is 0.341 e. The maximum atomic E-state index is 12.3. The Morgan fingerprint density at radius 2 is 1.93 bits per heavy atom. The minimum Gasteiger partial charge on any atom is -0.493 e. The molecule has 30 heavy (non-hydrogen) atoms. The molecule has 1 aromatic heterocycles. The van der Waals surface area contributed by atoms with Gasteiger partial charge in [0.2, 0.25) is 0 Å². The highest BCUT2D eigenvalue weighted by molar-refractivity contribution is 5.95. The van der Waals surface area contributed by atoms with Crippen molar-refractivity contribution in [3.05, 3.63) is 48.2 Å². The van der Waals surface area contributed by atoms with Crippen LogP contribution in [0, 0.1) is 5.92 Å². The summed E-state index contributed by atoms with van der Waals surface area (Å²) in [5, 5.41) is 0.894. The minimum absolute atomic E-state index is 0.0149. The lowest BCUT2D eigenvalue weighted by Crippen LogP contribution is -2.10. The Morgan fingerprint density at radius 1 is 1.13 bits per heavy atom. The maximum Gasteiger partial charge on any atom is 0.341 e. The Bertz CT molecular complexity index is 1030. The van der Waals surface area contributed by atoms with Gasteiger partial charge in [-0.2, -0.15) is 0 Å².